The zero-order chi connectivity index (χ0) is 24.7. The highest BCUT2D eigenvalue weighted by molar-refractivity contribution is 8.02. The summed E-state index contributed by atoms with van der Waals surface area (Å²) < 4.78 is 30.3. The number of methoxy groups -OCH3 is 3. The molecule has 0 aromatic heterocycles. The molecule has 0 radical (unpaired) electrons. The highest BCUT2D eigenvalue weighted by atomic mass is 32.2. The van der Waals surface area contributed by atoms with E-state index in [0.29, 0.717) is 39.8 Å². The van der Waals surface area contributed by atoms with Gasteiger partial charge in [0.1, 0.15) is 5.82 Å². The van der Waals surface area contributed by atoms with Crippen molar-refractivity contribution in [2.75, 3.05) is 36.9 Å². The Bertz CT molecular complexity index is 1310. The zero-order valence-corrected chi connectivity index (χ0v) is 20.2. The first-order valence-electron chi connectivity index (χ1n) is 10.9. The topological polar surface area (TPSA) is 68.3 Å². The van der Waals surface area contributed by atoms with Gasteiger partial charge in [0.15, 0.2) is 11.5 Å². The van der Waals surface area contributed by atoms with Crippen LogP contribution in [0.2, 0.25) is 0 Å². The molecule has 1 saturated heterocycles. The van der Waals surface area contributed by atoms with Crippen LogP contribution in [0.1, 0.15) is 11.1 Å². The third-order valence-corrected chi connectivity index (χ3v) is 7.59. The number of carbonyl (C=O) groups excluding carboxylic acids is 2. The van der Waals surface area contributed by atoms with Crippen molar-refractivity contribution in [3.05, 3.63) is 77.6 Å². The molecule has 0 N–H and O–H groups in total. The lowest BCUT2D eigenvalue weighted by atomic mass is 10.0. The van der Waals surface area contributed by atoms with Gasteiger partial charge in [-0.15, -0.1) is 11.8 Å². The van der Waals surface area contributed by atoms with Gasteiger partial charge in [-0.2, -0.15) is 0 Å². The van der Waals surface area contributed by atoms with Gasteiger partial charge in [0, 0.05) is 17.7 Å². The lowest BCUT2D eigenvalue weighted by molar-refractivity contribution is -0.123. The first-order chi connectivity index (χ1) is 16.9. The normalized spacial score (nSPS) is 18.9. The largest absolute Gasteiger partial charge is 0.493 e. The number of benzene rings is 3. The second-order valence-electron chi connectivity index (χ2n) is 8.08. The third kappa shape index (κ3) is 3.49. The summed E-state index contributed by atoms with van der Waals surface area (Å²) in [5, 5.41) is 0. The van der Waals surface area contributed by atoms with Gasteiger partial charge in [0.2, 0.25) is 16.5 Å². The molecule has 1 atom stereocenters. The molecule has 5 rings (SSSR count). The quantitative estimate of drug-likeness (QED) is 0.508. The van der Waals surface area contributed by atoms with E-state index in [0.717, 1.165) is 0 Å². The number of para-hydroxylation sites is 1. The van der Waals surface area contributed by atoms with Crippen molar-refractivity contribution in [1.29, 1.82) is 0 Å². The predicted molar refractivity (Wildman–Crippen MR) is 132 cm³/mol. The average Bonchev–Trinajstić information content (AvgIpc) is 3.34. The van der Waals surface area contributed by atoms with Crippen LogP contribution < -0.4 is 24.0 Å². The van der Waals surface area contributed by atoms with Crippen molar-refractivity contribution in [3.8, 4) is 17.2 Å². The Hall–Kier alpha value is -3.72. The third-order valence-electron chi connectivity index (χ3n) is 6.20. The van der Waals surface area contributed by atoms with E-state index in [4.69, 9.17) is 14.2 Å². The molecule has 1 spiro atoms. The van der Waals surface area contributed by atoms with Gasteiger partial charge in [0.05, 0.1) is 45.0 Å². The molecule has 35 heavy (non-hydrogen) atoms. The minimum absolute atomic E-state index is 0.116. The summed E-state index contributed by atoms with van der Waals surface area (Å²) in [6.07, 6.45) is 0. The molecule has 0 aliphatic carbocycles. The van der Waals surface area contributed by atoms with E-state index in [1.807, 2.05) is 24.3 Å². The number of fused-ring (bicyclic) bond motifs is 2. The van der Waals surface area contributed by atoms with Crippen LogP contribution in [-0.2, 0) is 21.0 Å². The number of rotatable bonds is 6. The van der Waals surface area contributed by atoms with Crippen molar-refractivity contribution in [3.63, 3.8) is 0 Å². The lowest BCUT2D eigenvalue weighted by Gasteiger charge is -2.33. The van der Waals surface area contributed by atoms with Gasteiger partial charge >= 0.3 is 0 Å². The van der Waals surface area contributed by atoms with E-state index < -0.39 is 4.87 Å². The van der Waals surface area contributed by atoms with Crippen molar-refractivity contribution in [2.45, 2.75) is 11.4 Å². The van der Waals surface area contributed by atoms with Crippen molar-refractivity contribution >= 4 is 35.0 Å². The number of amides is 2. The predicted octanol–water partition coefficient (Wildman–Crippen LogP) is 4.33. The summed E-state index contributed by atoms with van der Waals surface area (Å²) in [6, 6.07) is 16.9. The molecular formula is C26H23FN2O5S. The average molecular weight is 495 g/mol. The molecule has 9 heteroatoms. The second-order valence-corrected chi connectivity index (χ2v) is 9.25. The summed E-state index contributed by atoms with van der Waals surface area (Å²) in [6.45, 7) is 0.174. The first kappa shape index (κ1) is 23.0. The SMILES string of the molecule is COc1cc(N2C(=O)CSC23C(=O)N(Cc2cccc(F)c2)c2ccccc23)cc(OC)c1OC. The molecule has 7 nitrogen and oxygen atoms in total. The monoisotopic (exact) mass is 494 g/mol. The lowest BCUT2D eigenvalue weighted by Crippen LogP contribution is -2.49. The Labute approximate surface area is 206 Å². The van der Waals surface area contributed by atoms with Crippen LogP contribution in [0.25, 0.3) is 0 Å². The second kappa shape index (κ2) is 8.81. The Morgan fingerprint density at radius 1 is 0.943 bits per heavy atom. The summed E-state index contributed by atoms with van der Waals surface area (Å²) in [7, 11) is 4.49. The van der Waals surface area contributed by atoms with Gasteiger partial charge in [-0.3, -0.25) is 14.5 Å². The number of thioether (sulfide) groups is 1. The Kier molecular flexibility index (Phi) is 5.80. The molecule has 2 amide bonds. The number of nitrogens with zero attached hydrogens (tertiary/aromatic N) is 2. The molecule has 2 aliphatic rings. The molecular weight excluding hydrogens is 471 g/mol. The fraction of sp³-hybridized carbons (Fsp3) is 0.231. The zero-order valence-electron chi connectivity index (χ0n) is 19.4. The van der Waals surface area contributed by atoms with E-state index in [9.17, 15) is 14.0 Å². The van der Waals surface area contributed by atoms with Gasteiger partial charge in [-0.1, -0.05) is 30.3 Å². The van der Waals surface area contributed by atoms with Gasteiger partial charge in [-0.25, -0.2) is 4.39 Å². The number of hydrogen-bond acceptors (Lipinski definition) is 6. The van der Waals surface area contributed by atoms with Crippen LogP contribution in [0.5, 0.6) is 17.2 Å². The molecule has 0 bridgehead atoms. The molecule has 1 unspecified atom stereocenters. The number of ether oxygens (including phenoxy) is 3. The van der Waals surface area contributed by atoms with E-state index in [1.165, 1.54) is 50.1 Å². The molecule has 1 fully saturated rings. The number of hydrogen-bond donors (Lipinski definition) is 0. The van der Waals surface area contributed by atoms with Crippen LogP contribution in [0.3, 0.4) is 0 Å². The summed E-state index contributed by atoms with van der Waals surface area (Å²) in [4.78, 5) is 29.3. The first-order valence-corrected chi connectivity index (χ1v) is 11.9. The number of carbonyl (C=O) groups is 2. The number of anilines is 2. The van der Waals surface area contributed by atoms with Crippen molar-refractivity contribution in [2.24, 2.45) is 0 Å². The van der Waals surface area contributed by atoms with Gasteiger partial charge < -0.3 is 19.1 Å². The fourth-order valence-electron chi connectivity index (χ4n) is 4.73. The van der Waals surface area contributed by atoms with Crippen LogP contribution in [0, 0.1) is 5.82 Å². The minimum atomic E-state index is -1.31. The molecule has 2 aliphatic heterocycles. The number of halogens is 1. The van der Waals surface area contributed by atoms with Crippen LogP contribution in [0.15, 0.2) is 60.7 Å². The van der Waals surface area contributed by atoms with Crippen molar-refractivity contribution in [1.82, 2.24) is 0 Å². The molecule has 3 aromatic rings. The van der Waals surface area contributed by atoms with E-state index >= 15 is 0 Å². The van der Waals surface area contributed by atoms with Crippen LogP contribution in [-0.4, -0.2) is 38.9 Å². The Balaban J connectivity index is 1.66. The van der Waals surface area contributed by atoms with E-state index in [1.54, 1.807) is 29.2 Å². The maximum Gasteiger partial charge on any atom is 0.269 e. The molecule has 0 saturated carbocycles. The van der Waals surface area contributed by atoms with E-state index in [2.05, 4.69) is 0 Å². The summed E-state index contributed by atoms with van der Waals surface area (Å²) in [5.41, 5.74) is 2.48. The molecule has 180 valence electrons. The van der Waals surface area contributed by atoms with Gasteiger partial charge in [-0.05, 0) is 23.8 Å². The summed E-state index contributed by atoms with van der Waals surface area (Å²) in [5.74, 6) is 0.381. The highest BCUT2D eigenvalue weighted by Gasteiger charge is 2.61. The van der Waals surface area contributed by atoms with Crippen molar-refractivity contribution < 1.29 is 28.2 Å². The summed E-state index contributed by atoms with van der Waals surface area (Å²) >= 11 is 1.27. The Morgan fingerprint density at radius 3 is 2.31 bits per heavy atom. The molecule has 3 aromatic carbocycles. The standard InChI is InChI=1S/C26H23FN2O5S/c1-32-21-12-18(13-22(33-2)24(21)34-3)29-23(30)15-35-26(29)19-9-4-5-10-20(19)28(25(26)31)14-16-7-6-8-17(27)11-16/h4-13H,14-15H2,1-3H3. The van der Waals surface area contributed by atoms with E-state index in [-0.39, 0.29) is 29.9 Å². The highest BCUT2D eigenvalue weighted by Crippen LogP contribution is 2.57. The molecule has 2 heterocycles. The smallest absolute Gasteiger partial charge is 0.269 e. The maximum atomic E-state index is 14.2. The fourth-order valence-corrected chi connectivity index (χ4v) is 6.09. The minimum Gasteiger partial charge on any atom is -0.493 e. The maximum absolute atomic E-state index is 14.2. The van der Waals surface area contributed by atoms with Gasteiger partial charge in [0.25, 0.3) is 5.91 Å². The Morgan fingerprint density at radius 2 is 1.66 bits per heavy atom. The van der Waals surface area contributed by atoms with Crippen LogP contribution in [0.4, 0.5) is 15.8 Å². The van der Waals surface area contributed by atoms with Crippen LogP contribution >= 0.6 is 11.8 Å².